The van der Waals surface area contributed by atoms with Crippen molar-refractivity contribution in [3.05, 3.63) is 53.3 Å². The highest BCUT2D eigenvalue weighted by Crippen LogP contribution is 2.31. The van der Waals surface area contributed by atoms with Gasteiger partial charge < -0.3 is 4.74 Å². The van der Waals surface area contributed by atoms with Gasteiger partial charge in [-0.15, -0.1) is 0 Å². The van der Waals surface area contributed by atoms with Gasteiger partial charge in [0.1, 0.15) is 11.9 Å². The third kappa shape index (κ3) is 3.94. The van der Waals surface area contributed by atoms with Crippen LogP contribution in [0, 0.1) is 5.82 Å². The SMILES string of the molecule is O=S(=O)(c1ccc(Cl)cc1)N1CCC(Oc2nc3ccc(F)cc3s2)CC1. The molecule has 1 aliphatic rings. The summed E-state index contributed by atoms with van der Waals surface area (Å²) in [5, 5.41) is 0.978. The average molecular weight is 427 g/mol. The van der Waals surface area contributed by atoms with E-state index in [4.69, 9.17) is 16.3 Å². The van der Waals surface area contributed by atoms with E-state index >= 15 is 0 Å². The van der Waals surface area contributed by atoms with Crippen LogP contribution in [0.1, 0.15) is 12.8 Å². The van der Waals surface area contributed by atoms with Crippen LogP contribution in [0.5, 0.6) is 5.19 Å². The van der Waals surface area contributed by atoms with Crippen molar-refractivity contribution >= 4 is 43.2 Å². The monoisotopic (exact) mass is 426 g/mol. The van der Waals surface area contributed by atoms with Crippen LogP contribution in [0.2, 0.25) is 5.02 Å². The molecule has 0 bridgehead atoms. The summed E-state index contributed by atoms with van der Waals surface area (Å²) in [7, 11) is -3.54. The van der Waals surface area contributed by atoms with Crippen LogP contribution in [-0.4, -0.2) is 36.9 Å². The first-order valence-electron chi connectivity index (χ1n) is 8.40. The maximum atomic E-state index is 13.3. The number of rotatable bonds is 4. The molecule has 9 heteroatoms. The van der Waals surface area contributed by atoms with E-state index in [1.165, 1.54) is 39.9 Å². The molecule has 0 atom stereocenters. The fourth-order valence-electron chi connectivity index (χ4n) is 3.02. The zero-order chi connectivity index (χ0) is 19.0. The Morgan fingerprint density at radius 1 is 1.15 bits per heavy atom. The first-order chi connectivity index (χ1) is 12.9. The molecule has 142 valence electrons. The molecule has 1 fully saturated rings. The van der Waals surface area contributed by atoms with E-state index in [1.807, 2.05) is 0 Å². The molecule has 3 aromatic rings. The number of ether oxygens (including phenoxy) is 1. The molecular formula is C18H16ClFN2O3S2. The lowest BCUT2D eigenvalue weighted by Crippen LogP contribution is -2.41. The summed E-state index contributed by atoms with van der Waals surface area (Å²) in [5.41, 5.74) is 0.694. The maximum absolute atomic E-state index is 13.3. The highest BCUT2D eigenvalue weighted by Gasteiger charge is 2.30. The first-order valence-corrected chi connectivity index (χ1v) is 11.0. The molecule has 0 radical (unpaired) electrons. The second-order valence-corrected chi connectivity index (χ2v) is 9.63. The van der Waals surface area contributed by atoms with Crippen LogP contribution in [0.4, 0.5) is 4.39 Å². The summed E-state index contributed by atoms with van der Waals surface area (Å²) >= 11 is 7.12. The van der Waals surface area contributed by atoms with Crippen molar-refractivity contribution in [2.24, 2.45) is 0 Å². The Morgan fingerprint density at radius 3 is 2.56 bits per heavy atom. The normalized spacial score (nSPS) is 16.7. The van der Waals surface area contributed by atoms with Crippen molar-refractivity contribution < 1.29 is 17.5 Å². The van der Waals surface area contributed by atoms with Gasteiger partial charge in [-0.05, 0) is 55.3 Å². The molecular weight excluding hydrogens is 411 g/mol. The standard InChI is InChI=1S/C18H16ClFN2O3S2/c19-12-1-4-15(5-2-12)27(23,24)22-9-7-14(8-10-22)25-18-21-16-6-3-13(20)11-17(16)26-18/h1-6,11,14H,7-10H2. The number of hydrogen-bond donors (Lipinski definition) is 0. The van der Waals surface area contributed by atoms with Gasteiger partial charge in [0.2, 0.25) is 10.0 Å². The maximum Gasteiger partial charge on any atom is 0.274 e. The highest BCUT2D eigenvalue weighted by atomic mass is 35.5. The van der Waals surface area contributed by atoms with Gasteiger partial charge in [-0.25, -0.2) is 17.8 Å². The Balaban J connectivity index is 1.41. The third-order valence-electron chi connectivity index (χ3n) is 4.45. The molecule has 27 heavy (non-hydrogen) atoms. The topological polar surface area (TPSA) is 59.5 Å². The van der Waals surface area contributed by atoms with Gasteiger partial charge >= 0.3 is 0 Å². The second-order valence-electron chi connectivity index (χ2n) is 6.27. The van der Waals surface area contributed by atoms with Crippen LogP contribution in [0.25, 0.3) is 10.2 Å². The molecule has 2 aromatic carbocycles. The van der Waals surface area contributed by atoms with Crippen LogP contribution in [-0.2, 0) is 10.0 Å². The Bertz CT molecular complexity index is 1060. The van der Waals surface area contributed by atoms with E-state index in [1.54, 1.807) is 18.2 Å². The summed E-state index contributed by atoms with van der Waals surface area (Å²) in [5.74, 6) is -0.307. The van der Waals surface area contributed by atoms with Gasteiger partial charge in [-0.2, -0.15) is 4.31 Å². The number of piperidine rings is 1. The van der Waals surface area contributed by atoms with Crippen molar-refractivity contribution in [3.8, 4) is 5.19 Å². The average Bonchev–Trinajstić information content (AvgIpc) is 3.04. The summed E-state index contributed by atoms with van der Waals surface area (Å²) in [6.07, 6.45) is 1.01. The van der Waals surface area contributed by atoms with Crippen molar-refractivity contribution in [1.82, 2.24) is 9.29 Å². The van der Waals surface area contributed by atoms with Crippen molar-refractivity contribution in [2.45, 2.75) is 23.8 Å². The number of fused-ring (bicyclic) bond motifs is 1. The molecule has 2 heterocycles. The van der Waals surface area contributed by atoms with Gasteiger partial charge in [0.15, 0.2) is 0 Å². The van der Waals surface area contributed by atoms with Gasteiger partial charge in [0.25, 0.3) is 5.19 Å². The van der Waals surface area contributed by atoms with E-state index in [0.717, 1.165) is 4.70 Å². The minimum absolute atomic E-state index is 0.118. The smallest absolute Gasteiger partial charge is 0.274 e. The van der Waals surface area contributed by atoms with Crippen molar-refractivity contribution in [3.63, 3.8) is 0 Å². The largest absolute Gasteiger partial charge is 0.467 e. The molecule has 0 spiro atoms. The molecule has 4 rings (SSSR count). The van der Waals surface area contributed by atoms with E-state index in [0.29, 0.717) is 41.7 Å². The number of thiazole rings is 1. The minimum Gasteiger partial charge on any atom is -0.467 e. The number of nitrogens with zero attached hydrogens (tertiary/aromatic N) is 2. The Kier molecular flexibility index (Phi) is 5.07. The zero-order valence-electron chi connectivity index (χ0n) is 14.1. The molecule has 0 amide bonds. The number of halogens is 2. The van der Waals surface area contributed by atoms with E-state index in [2.05, 4.69) is 4.98 Å². The predicted octanol–water partition coefficient (Wildman–Crippen LogP) is 4.32. The lowest BCUT2D eigenvalue weighted by Gasteiger charge is -2.30. The molecule has 0 saturated carbocycles. The second kappa shape index (κ2) is 7.35. The number of benzene rings is 2. The Labute approximate surface area is 165 Å². The van der Waals surface area contributed by atoms with Crippen LogP contribution in [0.3, 0.4) is 0 Å². The van der Waals surface area contributed by atoms with E-state index in [-0.39, 0.29) is 16.8 Å². The van der Waals surface area contributed by atoms with E-state index < -0.39 is 10.0 Å². The van der Waals surface area contributed by atoms with Gasteiger partial charge in [0.05, 0.1) is 15.1 Å². The van der Waals surface area contributed by atoms with Crippen LogP contribution in [0.15, 0.2) is 47.4 Å². The first kappa shape index (κ1) is 18.6. The minimum atomic E-state index is -3.54. The third-order valence-corrected chi connectivity index (χ3v) is 7.52. The van der Waals surface area contributed by atoms with Gasteiger partial charge in [-0.1, -0.05) is 22.9 Å². The van der Waals surface area contributed by atoms with E-state index in [9.17, 15) is 12.8 Å². The summed E-state index contributed by atoms with van der Waals surface area (Å²) in [6.45, 7) is 0.740. The summed E-state index contributed by atoms with van der Waals surface area (Å²) in [6, 6.07) is 10.6. The fourth-order valence-corrected chi connectivity index (χ4v) is 5.52. The zero-order valence-corrected chi connectivity index (χ0v) is 16.5. The molecule has 5 nitrogen and oxygen atoms in total. The lowest BCUT2D eigenvalue weighted by atomic mass is 10.1. The van der Waals surface area contributed by atoms with Crippen LogP contribution >= 0.6 is 22.9 Å². The lowest BCUT2D eigenvalue weighted by molar-refractivity contribution is 0.135. The summed E-state index contributed by atoms with van der Waals surface area (Å²) < 4.78 is 46.8. The number of sulfonamides is 1. The van der Waals surface area contributed by atoms with Crippen molar-refractivity contribution in [2.75, 3.05) is 13.1 Å². The Hall–Kier alpha value is -1.74. The molecule has 1 aromatic heterocycles. The summed E-state index contributed by atoms with van der Waals surface area (Å²) in [4.78, 5) is 4.59. The van der Waals surface area contributed by atoms with Gasteiger partial charge in [0, 0.05) is 18.1 Å². The number of aromatic nitrogens is 1. The quantitative estimate of drug-likeness (QED) is 0.623. The van der Waals surface area contributed by atoms with Crippen LogP contribution < -0.4 is 4.74 Å². The molecule has 0 N–H and O–H groups in total. The fraction of sp³-hybridized carbons (Fsp3) is 0.278. The van der Waals surface area contributed by atoms with Gasteiger partial charge in [-0.3, -0.25) is 0 Å². The molecule has 0 aliphatic carbocycles. The highest BCUT2D eigenvalue weighted by molar-refractivity contribution is 7.89. The molecule has 0 unspecified atom stereocenters. The predicted molar refractivity (Wildman–Crippen MR) is 103 cm³/mol. The number of hydrogen-bond acceptors (Lipinski definition) is 5. The molecule has 1 aliphatic heterocycles. The Morgan fingerprint density at radius 2 is 1.85 bits per heavy atom. The molecule has 1 saturated heterocycles. The van der Waals surface area contributed by atoms with Crippen molar-refractivity contribution in [1.29, 1.82) is 0 Å².